The number of hydrazone groups is 1. The summed E-state index contributed by atoms with van der Waals surface area (Å²) in [4.78, 5) is 0. The zero-order valence-corrected chi connectivity index (χ0v) is 13.4. The summed E-state index contributed by atoms with van der Waals surface area (Å²) in [5.74, 6) is 0.938. The molecule has 1 atom stereocenters. The summed E-state index contributed by atoms with van der Waals surface area (Å²) >= 11 is 0. The molecule has 2 aliphatic heterocycles. The van der Waals surface area contributed by atoms with E-state index in [4.69, 9.17) is 9.63 Å². The van der Waals surface area contributed by atoms with Crippen LogP contribution < -0.4 is 9.45 Å². The number of anilines is 2. The summed E-state index contributed by atoms with van der Waals surface area (Å²) in [7, 11) is 0.717. The van der Waals surface area contributed by atoms with Crippen LogP contribution in [0.3, 0.4) is 0 Å². The van der Waals surface area contributed by atoms with Gasteiger partial charge in [-0.3, -0.25) is 4.67 Å². The number of hydrogen-bond acceptors (Lipinski definition) is 4. The molecule has 110 valence electrons. The Morgan fingerprint density at radius 3 is 2.50 bits per heavy atom. The first-order chi connectivity index (χ1) is 10.8. The highest BCUT2D eigenvalue weighted by molar-refractivity contribution is 7.58. The van der Waals surface area contributed by atoms with Crippen LogP contribution in [0.15, 0.2) is 65.8 Å². The number of allylic oxidation sites excluding steroid dienone is 1. The average Bonchev–Trinajstić information content (AvgIpc) is 2.94. The highest BCUT2D eigenvalue weighted by Crippen LogP contribution is 2.56. The summed E-state index contributed by atoms with van der Waals surface area (Å²) in [5.41, 5.74) is 4.67. The smallest absolute Gasteiger partial charge is 0.276 e. The number of nitrogens with zero attached hydrogens (tertiary/aromatic N) is 3. The van der Waals surface area contributed by atoms with Crippen LogP contribution in [-0.2, 0) is 4.52 Å². The maximum Gasteiger partial charge on any atom is 0.276 e. The van der Waals surface area contributed by atoms with Crippen molar-refractivity contribution in [3.63, 3.8) is 0 Å². The molecular formula is C17H16N3OP. The lowest BCUT2D eigenvalue weighted by molar-refractivity contribution is 0.460. The van der Waals surface area contributed by atoms with Crippen LogP contribution in [0.1, 0.15) is 12.5 Å². The van der Waals surface area contributed by atoms with Crippen LogP contribution in [-0.4, -0.2) is 12.9 Å². The van der Waals surface area contributed by atoms with E-state index in [1.165, 1.54) is 11.1 Å². The Bertz CT molecular complexity index is 772. The maximum absolute atomic E-state index is 5.81. The van der Waals surface area contributed by atoms with Crippen molar-refractivity contribution < 1.29 is 4.52 Å². The van der Waals surface area contributed by atoms with E-state index in [9.17, 15) is 0 Å². The first-order valence-corrected chi connectivity index (χ1v) is 8.32. The molecule has 0 aliphatic carbocycles. The van der Waals surface area contributed by atoms with Crippen LogP contribution in [0, 0.1) is 0 Å². The van der Waals surface area contributed by atoms with Crippen molar-refractivity contribution in [3.8, 4) is 0 Å². The fourth-order valence-corrected chi connectivity index (χ4v) is 4.41. The minimum Gasteiger partial charge on any atom is -0.324 e. The molecule has 1 unspecified atom stereocenters. The van der Waals surface area contributed by atoms with Gasteiger partial charge in [0.2, 0.25) is 0 Å². The lowest BCUT2D eigenvalue weighted by Gasteiger charge is -2.31. The van der Waals surface area contributed by atoms with Gasteiger partial charge in [0.15, 0.2) is 5.84 Å². The number of rotatable bonds is 2. The first-order valence-electron chi connectivity index (χ1n) is 7.15. The third kappa shape index (κ3) is 1.96. The van der Waals surface area contributed by atoms with Crippen LogP contribution >= 0.6 is 8.45 Å². The number of hydrogen-bond donors (Lipinski definition) is 0. The van der Waals surface area contributed by atoms with Crippen molar-refractivity contribution in [3.05, 3.63) is 66.2 Å². The molecule has 0 N–H and O–H groups in total. The molecule has 0 fully saturated rings. The van der Waals surface area contributed by atoms with Crippen molar-refractivity contribution in [2.45, 2.75) is 6.92 Å². The number of para-hydroxylation sites is 2. The molecule has 0 saturated carbocycles. The van der Waals surface area contributed by atoms with Gasteiger partial charge >= 0.3 is 0 Å². The largest absolute Gasteiger partial charge is 0.324 e. The van der Waals surface area contributed by atoms with Gasteiger partial charge in [0.25, 0.3) is 8.45 Å². The van der Waals surface area contributed by atoms with Gasteiger partial charge in [-0.1, -0.05) is 36.4 Å². The number of fused-ring (bicyclic) bond motifs is 3. The van der Waals surface area contributed by atoms with E-state index >= 15 is 0 Å². The third-order valence-electron chi connectivity index (χ3n) is 3.80. The predicted octanol–water partition coefficient (Wildman–Crippen LogP) is 4.62. The summed E-state index contributed by atoms with van der Waals surface area (Å²) < 4.78 is 9.99. The fourth-order valence-electron chi connectivity index (χ4n) is 2.80. The Kier molecular flexibility index (Phi) is 3.21. The van der Waals surface area contributed by atoms with E-state index in [2.05, 4.69) is 54.1 Å². The lowest BCUT2D eigenvalue weighted by atomic mass is 10.0. The van der Waals surface area contributed by atoms with Crippen molar-refractivity contribution in [1.29, 1.82) is 0 Å². The fraction of sp³-hybridized carbons (Fsp3) is 0.118. The van der Waals surface area contributed by atoms with Crippen LogP contribution in [0.5, 0.6) is 0 Å². The molecule has 0 radical (unpaired) electrons. The van der Waals surface area contributed by atoms with E-state index in [1.54, 1.807) is 7.11 Å². The average molecular weight is 309 g/mol. The van der Waals surface area contributed by atoms with Gasteiger partial charge in [-0.15, -0.1) is 5.10 Å². The van der Waals surface area contributed by atoms with Gasteiger partial charge in [0.1, 0.15) is 0 Å². The summed E-state index contributed by atoms with van der Waals surface area (Å²) in [6.07, 6.45) is 2.12. The van der Waals surface area contributed by atoms with Gasteiger partial charge in [-0.25, -0.2) is 0 Å². The first kappa shape index (κ1) is 13.5. The SMILES string of the molecule is COP1N(c2ccccc2)N=C2C=C(C)c3ccccc3N21. The van der Waals surface area contributed by atoms with E-state index in [0.717, 1.165) is 17.2 Å². The van der Waals surface area contributed by atoms with Crippen LogP contribution in [0.4, 0.5) is 11.4 Å². The molecule has 0 amide bonds. The Balaban J connectivity index is 1.84. The zero-order valence-electron chi connectivity index (χ0n) is 12.5. The normalized spacial score (nSPS) is 19.5. The number of amidine groups is 1. The Morgan fingerprint density at radius 1 is 1.00 bits per heavy atom. The van der Waals surface area contributed by atoms with Gasteiger partial charge in [-0.2, -0.15) is 4.78 Å². The molecule has 2 aliphatic rings. The second kappa shape index (κ2) is 5.24. The quantitative estimate of drug-likeness (QED) is 0.758. The van der Waals surface area contributed by atoms with Gasteiger partial charge in [0, 0.05) is 12.7 Å². The molecule has 0 spiro atoms. The number of benzene rings is 2. The van der Waals surface area contributed by atoms with E-state index in [1.807, 2.05) is 23.0 Å². The van der Waals surface area contributed by atoms with E-state index in [-0.39, 0.29) is 0 Å². The standard InChI is InChI=1S/C17H16N3OP/c1-13-12-17-18-20(14-8-4-3-5-9-14)22(21-2)19(17)16-11-7-6-10-15(13)16/h3-12H,1-2H3. The minimum atomic E-state index is -1.03. The van der Waals surface area contributed by atoms with E-state index in [0.29, 0.717) is 0 Å². The Labute approximate surface area is 131 Å². The molecule has 5 heteroatoms. The van der Waals surface area contributed by atoms with Gasteiger partial charge in [-0.05, 0) is 36.8 Å². The molecule has 0 saturated heterocycles. The van der Waals surface area contributed by atoms with Crippen molar-refractivity contribution >= 4 is 31.2 Å². The second-order valence-electron chi connectivity index (χ2n) is 5.17. The predicted molar refractivity (Wildman–Crippen MR) is 92.9 cm³/mol. The molecule has 2 aromatic carbocycles. The lowest BCUT2D eigenvalue weighted by Crippen LogP contribution is -2.25. The van der Waals surface area contributed by atoms with Crippen LogP contribution in [0.2, 0.25) is 0 Å². The van der Waals surface area contributed by atoms with Crippen molar-refractivity contribution in [1.82, 2.24) is 0 Å². The van der Waals surface area contributed by atoms with Gasteiger partial charge < -0.3 is 4.52 Å². The molecule has 0 aromatic heterocycles. The highest BCUT2D eigenvalue weighted by Gasteiger charge is 2.39. The maximum atomic E-state index is 5.81. The highest BCUT2D eigenvalue weighted by atomic mass is 31.2. The second-order valence-corrected chi connectivity index (χ2v) is 6.82. The monoisotopic (exact) mass is 309 g/mol. The van der Waals surface area contributed by atoms with Crippen molar-refractivity contribution in [2.24, 2.45) is 5.10 Å². The Morgan fingerprint density at radius 2 is 1.73 bits per heavy atom. The molecule has 2 heterocycles. The molecular weight excluding hydrogens is 293 g/mol. The molecule has 0 bridgehead atoms. The minimum absolute atomic E-state index is 0.938. The van der Waals surface area contributed by atoms with E-state index < -0.39 is 8.45 Å². The molecule has 2 aromatic rings. The Hall–Kier alpha value is -2.16. The third-order valence-corrected chi connectivity index (χ3v) is 5.53. The van der Waals surface area contributed by atoms with Crippen LogP contribution in [0.25, 0.3) is 5.57 Å². The molecule has 4 nitrogen and oxygen atoms in total. The zero-order chi connectivity index (χ0) is 15.1. The van der Waals surface area contributed by atoms with Crippen molar-refractivity contribution in [2.75, 3.05) is 16.6 Å². The molecule has 4 rings (SSSR count). The topological polar surface area (TPSA) is 28.1 Å². The summed E-state index contributed by atoms with van der Waals surface area (Å²) in [5, 5.41) is 4.79. The molecule has 22 heavy (non-hydrogen) atoms. The summed E-state index contributed by atoms with van der Waals surface area (Å²) in [6.45, 7) is 2.12. The van der Waals surface area contributed by atoms with Gasteiger partial charge in [0.05, 0.1) is 11.4 Å². The summed E-state index contributed by atoms with van der Waals surface area (Å²) in [6, 6.07) is 18.6.